The number of aromatic nitrogens is 3. The number of halogens is 1. The number of hydrogen-bond acceptors (Lipinski definition) is 6. The summed E-state index contributed by atoms with van der Waals surface area (Å²) in [5.41, 5.74) is 1.73. The average Bonchev–Trinajstić information content (AvgIpc) is 3.12. The molecule has 2 aromatic heterocycles. The molecule has 8 heteroatoms. The van der Waals surface area contributed by atoms with Crippen molar-refractivity contribution in [3.63, 3.8) is 0 Å². The summed E-state index contributed by atoms with van der Waals surface area (Å²) in [7, 11) is 1.99. The average molecular weight is 397 g/mol. The minimum absolute atomic E-state index is 0.275. The van der Waals surface area contributed by atoms with Crippen LogP contribution in [-0.2, 0) is 18.3 Å². The van der Waals surface area contributed by atoms with Crippen molar-refractivity contribution in [3.8, 4) is 0 Å². The van der Waals surface area contributed by atoms with E-state index in [-0.39, 0.29) is 12.4 Å². The topological polar surface area (TPSA) is 63.5 Å². The van der Waals surface area contributed by atoms with E-state index in [0.717, 1.165) is 25.5 Å². The predicted octanol–water partition coefficient (Wildman–Crippen LogP) is 2.61. The molecular weight excluding hydrogens is 373 g/mol. The summed E-state index contributed by atoms with van der Waals surface area (Å²) in [5, 5.41) is 0.633. The van der Waals surface area contributed by atoms with Gasteiger partial charge in [-0.3, -0.25) is 9.88 Å². The number of anilines is 1. The number of ether oxygens (including phenoxy) is 1. The van der Waals surface area contributed by atoms with Gasteiger partial charge in [-0.25, -0.2) is 14.2 Å². The number of imidazole rings is 1. The number of aryl methyl sites for hydroxylation is 1. The molecule has 0 atom stereocenters. The third-order valence-corrected chi connectivity index (χ3v) is 5.27. The molecule has 1 saturated heterocycles. The van der Waals surface area contributed by atoms with Gasteiger partial charge in [-0.15, -0.1) is 0 Å². The molecule has 1 fully saturated rings. The minimum atomic E-state index is -0.434. The van der Waals surface area contributed by atoms with E-state index in [1.54, 1.807) is 19.2 Å². The molecule has 0 bridgehead atoms. The number of carbonyl (C=O) groups is 1. The molecule has 4 rings (SSSR count). The van der Waals surface area contributed by atoms with Crippen molar-refractivity contribution in [1.29, 1.82) is 0 Å². The number of hydrogen-bond donors (Lipinski definition) is 0. The lowest BCUT2D eigenvalue weighted by Crippen LogP contribution is -2.46. The lowest BCUT2D eigenvalue weighted by molar-refractivity contribution is 0.0526. The maximum absolute atomic E-state index is 14.0. The van der Waals surface area contributed by atoms with Gasteiger partial charge in [-0.1, -0.05) is 0 Å². The molecule has 3 heterocycles. The fraction of sp³-hybridized carbons (Fsp3) is 0.381. The number of rotatable bonds is 5. The zero-order valence-corrected chi connectivity index (χ0v) is 16.6. The molecule has 29 heavy (non-hydrogen) atoms. The molecule has 0 aliphatic carbocycles. The molecule has 0 amide bonds. The first-order valence-electron chi connectivity index (χ1n) is 9.75. The van der Waals surface area contributed by atoms with E-state index in [0.29, 0.717) is 35.2 Å². The first-order valence-corrected chi connectivity index (χ1v) is 9.75. The van der Waals surface area contributed by atoms with Crippen molar-refractivity contribution >= 4 is 22.6 Å². The summed E-state index contributed by atoms with van der Waals surface area (Å²) in [6.07, 6.45) is 5.28. The standard InChI is InChI=1S/C21H24FN5O2/c1-3-29-21(28)17-13-24-18-5-4-15(22)12-16(18)20(17)27-10-8-26(9-11-27)14-19-23-6-7-25(19)2/h4-7,12-13H,3,8-11,14H2,1-2H3. The molecule has 3 aromatic rings. The van der Waals surface area contributed by atoms with Gasteiger partial charge in [0.2, 0.25) is 0 Å². The van der Waals surface area contributed by atoms with Crippen LogP contribution in [0.1, 0.15) is 23.1 Å². The van der Waals surface area contributed by atoms with Crippen molar-refractivity contribution in [2.24, 2.45) is 7.05 Å². The van der Waals surface area contributed by atoms with Crippen molar-refractivity contribution in [1.82, 2.24) is 19.4 Å². The van der Waals surface area contributed by atoms with E-state index < -0.39 is 5.97 Å². The molecule has 0 radical (unpaired) electrons. The van der Waals surface area contributed by atoms with E-state index in [9.17, 15) is 9.18 Å². The van der Waals surface area contributed by atoms with Gasteiger partial charge in [0.15, 0.2) is 0 Å². The van der Waals surface area contributed by atoms with Crippen LogP contribution in [0.2, 0.25) is 0 Å². The fourth-order valence-electron chi connectivity index (χ4n) is 3.73. The maximum atomic E-state index is 14.0. The number of esters is 1. The van der Waals surface area contributed by atoms with Gasteiger partial charge in [-0.05, 0) is 25.1 Å². The van der Waals surface area contributed by atoms with Gasteiger partial charge in [0.25, 0.3) is 0 Å². The Morgan fingerprint density at radius 2 is 2.00 bits per heavy atom. The third-order valence-electron chi connectivity index (χ3n) is 5.27. The smallest absolute Gasteiger partial charge is 0.341 e. The molecule has 0 saturated carbocycles. The predicted molar refractivity (Wildman–Crippen MR) is 108 cm³/mol. The van der Waals surface area contributed by atoms with Crippen molar-refractivity contribution in [2.45, 2.75) is 13.5 Å². The third kappa shape index (κ3) is 3.93. The Hall–Kier alpha value is -3.00. The lowest BCUT2D eigenvalue weighted by Gasteiger charge is -2.37. The molecule has 1 aliphatic rings. The first kappa shape index (κ1) is 19.3. The molecule has 152 valence electrons. The monoisotopic (exact) mass is 397 g/mol. The Labute approximate surface area is 168 Å². The first-order chi connectivity index (χ1) is 14.1. The highest BCUT2D eigenvalue weighted by molar-refractivity contribution is 6.05. The summed E-state index contributed by atoms with van der Waals surface area (Å²) >= 11 is 0. The lowest BCUT2D eigenvalue weighted by atomic mass is 10.1. The van der Waals surface area contributed by atoms with Gasteiger partial charge >= 0.3 is 5.97 Å². The van der Waals surface area contributed by atoms with E-state index in [4.69, 9.17) is 4.74 Å². The van der Waals surface area contributed by atoms with Crippen LogP contribution >= 0.6 is 0 Å². The fourth-order valence-corrected chi connectivity index (χ4v) is 3.73. The molecule has 0 spiro atoms. The van der Waals surface area contributed by atoms with Crippen LogP contribution in [0.15, 0.2) is 36.8 Å². The number of pyridine rings is 1. The number of carbonyl (C=O) groups excluding carboxylic acids is 1. The Morgan fingerprint density at radius 3 is 2.69 bits per heavy atom. The van der Waals surface area contributed by atoms with E-state index in [2.05, 4.69) is 19.8 Å². The van der Waals surface area contributed by atoms with Gasteiger partial charge in [0, 0.05) is 57.2 Å². The van der Waals surface area contributed by atoms with E-state index in [1.165, 1.54) is 18.3 Å². The summed E-state index contributed by atoms with van der Waals surface area (Å²) in [6.45, 7) is 5.87. The number of fused-ring (bicyclic) bond motifs is 1. The van der Waals surface area contributed by atoms with Gasteiger partial charge < -0.3 is 14.2 Å². The van der Waals surface area contributed by atoms with Crippen LogP contribution in [0.3, 0.4) is 0 Å². The second kappa shape index (κ2) is 8.16. The largest absolute Gasteiger partial charge is 0.462 e. The van der Waals surface area contributed by atoms with E-state index >= 15 is 0 Å². The van der Waals surface area contributed by atoms with Crippen molar-refractivity contribution in [2.75, 3.05) is 37.7 Å². The zero-order valence-electron chi connectivity index (χ0n) is 16.6. The SMILES string of the molecule is CCOC(=O)c1cnc2ccc(F)cc2c1N1CCN(Cc2nccn2C)CC1. The minimum Gasteiger partial charge on any atom is -0.462 e. The Morgan fingerprint density at radius 1 is 1.21 bits per heavy atom. The normalized spacial score (nSPS) is 15.1. The highest BCUT2D eigenvalue weighted by Crippen LogP contribution is 2.31. The molecule has 7 nitrogen and oxygen atoms in total. The van der Waals surface area contributed by atoms with Crippen LogP contribution in [0.4, 0.5) is 10.1 Å². The number of benzene rings is 1. The molecule has 1 aliphatic heterocycles. The van der Waals surface area contributed by atoms with Gasteiger partial charge in [0.05, 0.1) is 24.4 Å². The molecule has 0 N–H and O–H groups in total. The maximum Gasteiger partial charge on any atom is 0.341 e. The van der Waals surface area contributed by atoms with Crippen LogP contribution in [0.25, 0.3) is 10.9 Å². The van der Waals surface area contributed by atoms with Gasteiger partial charge in [0.1, 0.15) is 17.2 Å². The number of piperazine rings is 1. The summed E-state index contributed by atoms with van der Waals surface area (Å²) < 4.78 is 21.2. The van der Waals surface area contributed by atoms with Crippen molar-refractivity contribution in [3.05, 3.63) is 54.0 Å². The molecule has 0 unspecified atom stereocenters. The Bertz CT molecular complexity index is 1030. The summed E-state index contributed by atoms with van der Waals surface area (Å²) in [6, 6.07) is 4.47. The van der Waals surface area contributed by atoms with Crippen LogP contribution in [-0.4, -0.2) is 58.2 Å². The Balaban J connectivity index is 1.62. The van der Waals surface area contributed by atoms with Crippen LogP contribution in [0.5, 0.6) is 0 Å². The highest BCUT2D eigenvalue weighted by atomic mass is 19.1. The highest BCUT2D eigenvalue weighted by Gasteiger charge is 2.25. The quantitative estimate of drug-likeness (QED) is 0.617. The van der Waals surface area contributed by atoms with Crippen molar-refractivity contribution < 1.29 is 13.9 Å². The summed E-state index contributed by atoms with van der Waals surface area (Å²) in [4.78, 5) is 25.7. The van der Waals surface area contributed by atoms with E-state index in [1.807, 2.05) is 17.8 Å². The second-order valence-electron chi connectivity index (χ2n) is 7.12. The second-order valence-corrected chi connectivity index (χ2v) is 7.12. The Kier molecular flexibility index (Phi) is 5.44. The van der Waals surface area contributed by atoms with Crippen LogP contribution in [0, 0.1) is 5.82 Å². The van der Waals surface area contributed by atoms with Gasteiger partial charge in [-0.2, -0.15) is 0 Å². The number of nitrogens with zero attached hydrogens (tertiary/aromatic N) is 5. The van der Waals surface area contributed by atoms with Crippen LogP contribution < -0.4 is 4.90 Å². The zero-order chi connectivity index (χ0) is 20.4. The molecule has 1 aromatic carbocycles. The molecular formula is C21H24FN5O2. The summed E-state index contributed by atoms with van der Waals surface area (Å²) in [5.74, 6) is 0.230.